The Balaban J connectivity index is 2.22. The van der Waals surface area contributed by atoms with E-state index in [-0.39, 0.29) is 0 Å². The molecule has 0 aromatic carbocycles. The molecule has 2 N–H and O–H groups in total. The number of rotatable bonds is 2. The summed E-state index contributed by atoms with van der Waals surface area (Å²) >= 11 is 0. The Kier molecular flexibility index (Phi) is 3.13. The molecule has 0 saturated carbocycles. The van der Waals surface area contributed by atoms with E-state index in [2.05, 4.69) is 14.9 Å². The average Bonchev–Trinajstić information content (AvgIpc) is 2.29. The zero-order valence-corrected chi connectivity index (χ0v) is 8.94. The van der Waals surface area contributed by atoms with E-state index in [1.807, 2.05) is 13.0 Å². The molecule has 5 heteroatoms. The molecule has 0 spiro atoms. The summed E-state index contributed by atoms with van der Waals surface area (Å²) in [7, 11) is 0. The molecule has 0 bridgehead atoms. The standard InChI is InChI=1S/C10H16N4O/c1-8-12-9(7-11)6-10(13-8)14-2-4-15-5-3-14/h6H,2-5,7,11H2,1H3. The number of morpholine rings is 1. The lowest BCUT2D eigenvalue weighted by atomic mass is 10.3. The third kappa shape index (κ3) is 2.43. The molecule has 1 aromatic rings. The van der Waals surface area contributed by atoms with Gasteiger partial charge in [-0.25, -0.2) is 9.97 Å². The number of anilines is 1. The molecule has 1 fully saturated rings. The van der Waals surface area contributed by atoms with Crippen LogP contribution in [0.15, 0.2) is 6.07 Å². The Morgan fingerprint density at radius 3 is 2.80 bits per heavy atom. The first-order valence-corrected chi connectivity index (χ1v) is 5.17. The Bertz CT molecular complexity index is 336. The first kappa shape index (κ1) is 10.3. The van der Waals surface area contributed by atoms with Crippen molar-refractivity contribution in [1.82, 2.24) is 9.97 Å². The van der Waals surface area contributed by atoms with Crippen LogP contribution in [0.25, 0.3) is 0 Å². The highest BCUT2D eigenvalue weighted by Gasteiger charge is 2.13. The van der Waals surface area contributed by atoms with Crippen molar-refractivity contribution in [3.05, 3.63) is 17.6 Å². The number of nitrogens with two attached hydrogens (primary N) is 1. The summed E-state index contributed by atoms with van der Waals surface area (Å²) in [4.78, 5) is 10.9. The maximum atomic E-state index is 5.58. The number of nitrogens with zero attached hydrogens (tertiary/aromatic N) is 3. The monoisotopic (exact) mass is 208 g/mol. The Morgan fingerprint density at radius 1 is 1.40 bits per heavy atom. The third-order valence-corrected chi connectivity index (χ3v) is 2.42. The lowest BCUT2D eigenvalue weighted by Gasteiger charge is -2.28. The zero-order valence-electron chi connectivity index (χ0n) is 8.94. The summed E-state index contributed by atoms with van der Waals surface area (Å²) in [5.74, 6) is 1.74. The maximum Gasteiger partial charge on any atom is 0.132 e. The van der Waals surface area contributed by atoms with Gasteiger partial charge in [-0.1, -0.05) is 0 Å². The van der Waals surface area contributed by atoms with Crippen molar-refractivity contribution in [2.45, 2.75) is 13.5 Å². The van der Waals surface area contributed by atoms with E-state index in [9.17, 15) is 0 Å². The zero-order chi connectivity index (χ0) is 10.7. The molecular formula is C10H16N4O. The molecule has 2 heterocycles. The van der Waals surface area contributed by atoms with Crippen molar-refractivity contribution in [3.8, 4) is 0 Å². The molecule has 1 aromatic heterocycles. The minimum atomic E-state index is 0.459. The average molecular weight is 208 g/mol. The van der Waals surface area contributed by atoms with Crippen LogP contribution in [0.5, 0.6) is 0 Å². The van der Waals surface area contributed by atoms with Gasteiger partial charge in [0.1, 0.15) is 11.6 Å². The van der Waals surface area contributed by atoms with E-state index in [0.717, 1.165) is 43.6 Å². The van der Waals surface area contributed by atoms with Gasteiger partial charge in [-0.2, -0.15) is 0 Å². The first-order valence-electron chi connectivity index (χ1n) is 5.17. The van der Waals surface area contributed by atoms with Gasteiger partial charge in [0.05, 0.1) is 18.9 Å². The van der Waals surface area contributed by atoms with Gasteiger partial charge >= 0.3 is 0 Å². The van der Waals surface area contributed by atoms with Crippen LogP contribution >= 0.6 is 0 Å². The van der Waals surface area contributed by atoms with Crippen LogP contribution in [0.2, 0.25) is 0 Å². The van der Waals surface area contributed by atoms with Crippen LogP contribution in [0, 0.1) is 6.92 Å². The molecule has 0 unspecified atom stereocenters. The quantitative estimate of drug-likeness (QED) is 0.745. The molecule has 5 nitrogen and oxygen atoms in total. The highest BCUT2D eigenvalue weighted by Crippen LogP contribution is 2.13. The molecule has 0 amide bonds. The molecule has 0 aliphatic carbocycles. The number of hydrogen-bond acceptors (Lipinski definition) is 5. The maximum absolute atomic E-state index is 5.58. The van der Waals surface area contributed by atoms with Crippen LogP contribution in [0.3, 0.4) is 0 Å². The molecule has 2 rings (SSSR count). The van der Waals surface area contributed by atoms with Crippen LogP contribution < -0.4 is 10.6 Å². The number of aromatic nitrogens is 2. The van der Waals surface area contributed by atoms with E-state index >= 15 is 0 Å². The second kappa shape index (κ2) is 4.55. The summed E-state index contributed by atoms with van der Waals surface area (Å²) in [5, 5.41) is 0. The smallest absolute Gasteiger partial charge is 0.132 e. The molecule has 0 atom stereocenters. The van der Waals surface area contributed by atoms with Crippen molar-refractivity contribution in [1.29, 1.82) is 0 Å². The van der Waals surface area contributed by atoms with E-state index in [1.54, 1.807) is 0 Å². The van der Waals surface area contributed by atoms with Crippen molar-refractivity contribution in [2.75, 3.05) is 31.2 Å². The summed E-state index contributed by atoms with van der Waals surface area (Å²) in [5.41, 5.74) is 6.48. The summed E-state index contributed by atoms with van der Waals surface area (Å²) in [6.07, 6.45) is 0. The molecule has 1 aliphatic rings. The molecular weight excluding hydrogens is 192 g/mol. The van der Waals surface area contributed by atoms with Gasteiger partial charge in [-0.05, 0) is 6.92 Å². The van der Waals surface area contributed by atoms with Crippen LogP contribution in [-0.4, -0.2) is 36.3 Å². The molecule has 15 heavy (non-hydrogen) atoms. The van der Waals surface area contributed by atoms with Crippen molar-refractivity contribution in [3.63, 3.8) is 0 Å². The number of aryl methyl sites for hydroxylation is 1. The highest BCUT2D eigenvalue weighted by atomic mass is 16.5. The van der Waals surface area contributed by atoms with E-state index in [0.29, 0.717) is 6.54 Å². The van der Waals surface area contributed by atoms with Crippen LogP contribution in [0.1, 0.15) is 11.5 Å². The largest absolute Gasteiger partial charge is 0.378 e. The Hall–Kier alpha value is -1.20. The highest BCUT2D eigenvalue weighted by molar-refractivity contribution is 5.40. The lowest BCUT2D eigenvalue weighted by molar-refractivity contribution is 0.122. The van der Waals surface area contributed by atoms with E-state index in [1.165, 1.54) is 0 Å². The van der Waals surface area contributed by atoms with Gasteiger partial charge in [0, 0.05) is 25.7 Å². The molecule has 1 saturated heterocycles. The van der Waals surface area contributed by atoms with Crippen LogP contribution in [-0.2, 0) is 11.3 Å². The Labute approximate surface area is 89.3 Å². The summed E-state index contributed by atoms with van der Waals surface area (Å²) in [6.45, 7) is 5.66. The first-order chi connectivity index (χ1) is 7.29. The second-order valence-corrected chi connectivity index (χ2v) is 3.57. The van der Waals surface area contributed by atoms with Gasteiger partial charge in [0.2, 0.25) is 0 Å². The van der Waals surface area contributed by atoms with E-state index in [4.69, 9.17) is 10.5 Å². The third-order valence-electron chi connectivity index (χ3n) is 2.42. The fourth-order valence-electron chi connectivity index (χ4n) is 1.67. The van der Waals surface area contributed by atoms with Crippen molar-refractivity contribution >= 4 is 5.82 Å². The summed E-state index contributed by atoms with van der Waals surface area (Å²) < 4.78 is 5.30. The van der Waals surface area contributed by atoms with Gasteiger partial charge < -0.3 is 15.4 Å². The topological polar surface area (TPSA) is 64.3 Å². The molecule has 82 valence electrons. The molecule has 1 aliphatic heterocycles. The number of ether oxygens (including phenoxy) is 1. The normalized spacial score (nSPS) is 16.8. The fraction of sp³-hybridized carbons (Fsp3) is 0.600. The second-order valence-electron chi connectivity index (χ2n) is 3.57. The van der Waals surface area contributed by atoms with Gasteiger partial charge in [0.15, 0.2) is 0 Å². The predicted octanol–water partition coefficient (Wildman–Crippen LogP) is 0.0803. The molecule has 0 radical (unpaired) electrons. The Morgan fingerprint density at radius 2 is 2.13 bits per heavy atom. The van der Waals surface area contributed by atoms with Gasteiger partial charge in [-0.15, -0.1) is 0 Å². The predicted molar refractivity (Wildman–Crippen MR) is 57.7 cm³/mol. The number of hydrogen-bond donors (Lipinski definition) is 1. The minimum Gasteiger partial charge on any atom is -0.378 e. The summed E-state index contributed by atoms with van der Waals surface area (Å²) in [6, 6.07) is 1.96. The minimum absolute atomic E-state index is 0.459. The SMILES string of the molecule is Cc1nc(CN)cc(N2CCOCC2)n1. The fourth-order valence-corrected chi connectivity index (χ4v) is 1.67. The van der Waals surface area contributed by atoms with Crippen molar-refractivity contribution < 1.29 is 4.74 Å². The van der Waals surface area contributed by atoms with Crippen LogP contribution in [0.4, 0.5) is 5.82 Å². The lowest BCUT2D eigenvalue weighted by Crippen LogP contribution is -2.37. The van der Waals surface area contributed by atoms with E-state index < -0.39 is 0 Å². The van der Waals surface area contributed by atoms with Gasteiger partial charge in [-0.3, -0.25) is 0 Å². The van der Waals surface area contributed by atoms with Crippen molar-refractivity contribution in [2.24, 2.45) is 5.73 Å². The van der Waals surface area contributed by atoms with Gasteiger partial charge in [0.25, 0.3) is 0 Å².